The molecule has 2 N–H and O–H groups in total. The SMILES string of the molecule is CC(=O)c1ccc(NC(=O)CC(=O)Nc2ccc(N3CCC(C)CC3)cc2)cc1. The van der Waals surface area contributed by atoms with Crippen LogP contribution in [0.25, 0.3) is 0 Å². The summed E-state index contributed by atoms with van der Waals surface area (Å²) in [7, 11) is 0. The van der Waals surface area contributed by atoms with Gasteiger partial charge < -0.3 is 15.5 Å². The van der Waals surface area contributed by atoms with Crippen molar-refractivity contribution in [2.45, 2.75) is 33.1 Å². The summed E-state index contributed by atoms with van der Waals surface area (Å²) >= 11 is 0. The number of benzene rings is 2. The summed E-state index contributed by atoms with van der Waals surface area (Å²) in [6, 6.07) is 14.3. The van der Waals surface area contributed by atoms with Gasteiger partial charge in [-0.3, -0.25) is 14.4 Å². The molecule has 3 rings (SSSR count). The quantitative estimate of drug-likeness (QED) is 0.572. The molecule has 1 aliphatic rings. The predicted molar refractivity (Wildman–Crippen MR) is 115 cm³/mol. The number of hydrogen-bond acceptors (Lipinski definition) is 4. The fourth-order valence-corrected chi connectivity index (χ4v) is 3.37. The first-order chi connectivity index (χ1) is 13.9. The van der Waals surface area contributed by atoms with Crippen LogP contribution in [0.2, 0.25) is 0 Å². The average molecular weight is 393 g/mol. The van der Waals surface area contributed by atoms with E-state index in [0.29, 0.717) is 16.9 Å². The lowest BCUT2D eigenvalue weighted by molar-refractivity contribution is -0.123. The van der Waals surface area contributed by atoms with Crippen molar-refractivity contribution in [1.82, 2.24) is 0 Å². The third-order valence-electron chi connectivity index (χ3n) is 5.20. The van der Waals surface area contributed by atoms with Crippen LogP contribution in [0, 0.1) is 5.92 Å². The number of hydrogen-bond donors (Lipinski definition) is 2. The van der Waals surface area contributed by atoms with Crippen LogP contribution in [0.4, 0.5) is 17.1 Å². The van der Waals surface area contributed by atoms with Crippen LogP contribution in [0.15, 0.2) is 48.5 Å². The summed E-state index contributed by atoms with van der Waals surface area (Å²) in [6.45, 7) is 5.88. The Morgan fingerprint density at radius 1 is 0.862 bits per heavy atom. The van der Waals surface area contributed by atoms with Gasteiger partial charge in [0.05, 0.1) is 0 Å². The van der Waals surface area contributed by atoms with Crippen LogP contribution < -0.4 is 15.5 Å². The van der Waals surface area contributed by atoms with Crippen molar-refractivity contribution in [2.75, 3.05) is 28.6 Å². The number of nitrogens with one attached hydrogen (secondary N) is 2. The standard InChI is InChI=1S/C23H27N3O3/c1-16-11-13-26(14-12-16)21-9-7-20(8-10-21)25-23(29)15-22(28)24-19-5-3-18(4-6-19)17(2)27/h3-10,16H,11-15H2,1-2H3,(H,24,28)(H,25,29). The summed E-state index contributed by atoms with van der Waals surface area (Å²) in [5.74, 6) is -0.0364. The minimum absolute atomic E-state index is 0.0388. The predicted octanol–water partition coefficient (Wildman–Crippen LogP) is 4.09. The van der Waals surface area contributed by atoms with Crippen molar-refractivity contribution in [2.24, 2.45) is 5.92 Å². The number of amides is 2. The minimum Gasteiger partial charge on any atom is -0.372 e. The van der Waals surface area contributed by atoms with Crippen molar-refractivity contribution in [3.8, 4) is 0 Å². The molecule has 0 aromatic heterocycles. The van der Waals surface area contributed by atoms with Crippen LogP contribution in [-0.2, 0) is 9.59 Å². The molecule has 0 unspecified atom stereocenters. The topological polar surface area (TPSA) is 78.5 Å². The molecule has 6 heteroatoms. The maximum absolute atomic E-state index is 12.2. The number of rotatable bonds is 6. The summed E-state index contributed by atoms with van der Waals surface area (Å²) in [5, 5.41) is 5.42. The van der Waals surface area contributed by atoms with E-state index in [1.165, 1.54) is 19.8 Å². The van der Waals surface area contributed by atoms with Gasteiger partial charge >= 0.3 is 0 Å². The number of piperidine rings is 1. The van der Waals surface area contributed by atoms with E-state index in [0.717, 1.165) is 24.7 Å². The zero-order chi connectivity index (χ0) is 20.8. The zero-order valence-electron chi connectivity index (χ0n) is 16.9. The molecule has 152 valence electrons. The van der Waals surface area contributed by atoms with Crippen molar-refractivity contribution in [3.05, 3.63) is 54.1 Å². The normalized spacial score (nSPS) is 14.3. The average Bonchev–Trinajstić information content (AvgIpc) is 2.69. The Morgan fingerprint density at radius 2 is 1.34 bits per heavy atom. The van der Waals surface area contributed by atoms with E-state index in [2.05, 4.69) is 22.5 Å². The van der Waals surface area contributed by atoms with Gasteiger partial charge in [-0.05, 0) is 74.2 Å². The van der Waals surface area contributed by atoms with E-state index in [9.17, 15) is 14.4 Å². The largest absolute Gasteiger partial charge is 0.372 e. The molecule has 1 fully saturated rings. The highest BCUT2D eigenvalue weighted by molar-refractivity contribution is 6.08. The highest BCUT2D eigenvalue weighted by Gasteiger charge is 2.16. The lowest BCUT2D eigenvalue weighted by Crippen LogP contribution is -2.32. The fourth-order valence-electron chi connectivity index (χ4n) is 3.37. The highest BCUT2D eigenvalue weighted by atomic mass is 16.2. The van der Waals surface area contributed by atoms with E-state index >= 15 is 0 Å². The molecule has 2 aromatic rings. The van der Waals surface area contributed by atoms with Crippen molar-refractivity contribution in [1.29, 1.82) is 0 Å². The Kier molecular flexibility index (Phi) is 6.65. The second-order valence-electron chi connectivity index (χ2n) is 7.62. The molecule has 2 amide bonds. The van der Waals surface area contributed by atoms with Gasteiger partial charge in [0, 0.05) is 35.7 Å². The van der Waals surface area contributed by atoms with Crippen molar-refractivity contribution < 1.29 is 14.4 Å². The van der Waals surface area contributed by atoms with E-state index in [1.807, 2.05) is 24.3 Å². The lowest BCUT2D eigenvalue weighted by atomic mass is 9.99. The Bertz CT molecular complexity index is 867. The van der Waals surface area contributed by atoms with Crippen LogP contribution in [-0.4, -0.2) is 30.7 Å². The summed E-state index contributed by atoms with van der Waals surface area (Å²) < 4.78 is 0. The van der Waals surface area contributed by atoms with Gasteiger partial charge in [-0.1, -0.05) is 6.92 Å². The minimum atomic E-state index is -0.405. The van der Waals surface area contributed by atoms with Crippen molar-refractivity contribution >= 4 is 34.7 Å². The molecule has 6 nitrogen and oxygen atoms in total. The molecule has 0 atom stereocenters. The fraction of sp³-hybridized carbons (Fsp3) is 0.348. The number of anilines is 3. The molecule has 1 saturated heterocycles. The Morgan fingerprint density at radius 3 is 1.83 bits per heavy atom. The lowest BCUT2D eigenvalue weighted by Gasteiger charge is -2.32. The van der Waals surface area contributed by atoms with Crippen LogP contribution in [0.3, 0.4) is 0 Å². The first kappa shape index (κ1) is 20.6. The third kappa shape index (κ3) is 5.91. The van der Waals surface area contributed by atoms with Crippen LogP contribution in [0.5, 0.6) is 0 Å². The van der Waals surface area contributed by atoms with Crippen LogP contribution in [0.1, 0.15) is 43.5 Å². The molecule has 0 bridgehead atoms. The van der Waals surface area contributed by atoms with Gasteiger partial charge in [0.2, 0.25) is 11.8 Å². The number of carbonyl (C=O) groups excluding carboxylic acids is 3. The number of carbonyl (C=O) groups is 3. The summed E-state index contributed by atoms with van der Waals surface area (Å²) in [6.07, 6.45) is 2.12. The first-order valence-electron chi connectivity index (χ1n) is 9.96. The van der Waals surface area contributed by atoms with E-state index in [-0.39, 0.29) is 18.1 Å². The zero-order valence-corrected chi connectivity index (χ0v) is 16.9. The molecule has 2 aromatic carbocycles. The van der Waals surface area contributed by atoms with E-state index in [1.54, 1.807) is 24.3 Å². The van der Waals surface area contributed by atoms with Gasteiger partial charge in [-0.25, -0.2) is 0 Å². The monoisotopic (exact) mass is 393 g/mol. The Hall–Kier alpha value is -3.15. The summed E-state index contributed by atoms with van der Waals surface area (Å²) in [4.78, 5) is 37.9. The molecular weight excluding hydrogens is 366 g/mol. The molecule has 0 aliphatic carbocycles. The molecule has 29 heavy (non-hydrogen) atoms. The molecular formula is C23H27N3O3. The van der Waals surface area contributed by atoms with Gasteiger partial charge in [0.1, 0.15) is 6.42 Å². The Labute approximate surface area is 171 Å². The van der Waals surface area contributed by atoms with Gasteiger partial charge in [0.15, 0.2) is 5.78 Å². The van der Waals surface area contributed by atoms with Gasteiger partial charge in [0.25, 0.3) is 0 Å². The smallest absolute Gasteiger partial charge is 0.233 e. The third-order valence-corrected chi connectivity index (χ3v) is 5.20. The maximum Gasteiger partial charge on any atom is 0.233 e. The first-order valence-corrected chi connectivity index (χ1v) is 9.96. The maximum atomic E-state index is 12.2. The molecule has 0 spiro atoms. The second kappa shape index (κ2) is 9.37. The van der Waals surface area contributed by atoms with Gasteiger partial charge in [-0.15, -0.1) is 0 Å². The molecule has 0 saturated carbocycles. The summed E-state index contributed by atoms with van der Waals surface area (Å²) in [5.41, 5.74) is 2.95. The Balaban J connectivity index is 1.48. The van der Waals surface area contributed by atoms with Crippen molar-refractivity contribution in [3.63, 3.8) is 0 Å². The van der Waals surface area contributed by atoms with Crippen LogP contribution >= 0.6 is 0 Å². The number of nitrogens with zero attached hydrogens (tertiary/aromatic N) is 1. The number of Topliss-reactive ketones (excluding diaryl/α,β-unsaturated/α-hetero) is 1. The van der Waals surface area contributed by atoms with Gasteiger partial charge in [-0.2, -0.15) is 0 Å². The molecule has 1 aliphatic heterocycles. The highest BCUT2D eigenvalue weighted by Crippen LogP contribution is 2.24. The number of ketones is 1. The van der Waals surface area contributed by atoms with E-state index in [4.69, 9.17) is 0 Å². The second-order valence-corrected chi connectivity index (χ2v) is 7.62. The molecule has 1 heterocycles. The molecule has 0 radical (unpaired) electrons. The van der Waals surface area contributed by atoms with E-state index < -0.39 is 5.91 Å².